The van der Waals surface area contributed by atoms with Crippen molar-refractivity contribution in [2.45, 2.75) is 38.5 Å². The van der Waals surface area contributed by atoms with Gasteiger partial charge in [0.25, 0.3) is 0 Å². The smallest absolute Gasteiger partial charge is 0.0547 e. The quantitative estimate of drug-likeness (QED) is 0.163. The Morgan fingerprint density at radius 3 is 1.65 bits per heavy atom. The van der Waals surface area contributed by atoms with Gasteiger partial charge < -0.3 is 9.47 Å². The number of benzene rings is 9. The van der Waals surface area contributed by atoms with Crippen LogP contribution in [0, 0.1) is 0 Å². The molecule has 62 heavy (non-hydrogen) atoms. The third-order valence-corrected chi connectivity index (χ3v) is 14.0. The first kappa shape index (κ1) is 36.4. The number of hydrogen-bond donors (Lipinski definition) is 0. The fourth-order valence-corrected chi connectivity index (χ4v) is 11.0. The van der Waals surface area contributed by atoms with Crippen LogP contribution >= 0.6 is 0 Å². The fraction of sp³-hybridized carbons (Fsp3) is 0.100. The minimum atomic E-state index is -0.182. The van der Waals surface area contributed by atoms with Gasteiger partial charge in [0.05, 0.1) is 16.7 Å². The molecule has 296 valence electrons. The Hall–Kier alpha value is -7.42. The van der Waals surface area contributed by atoms with E-state index in [0.29, 0.717) is 0 Å². The number of fused-ring (bicyclic) bond motifs is 9. The molecule has 2 heteroatoms. The molecule has 10 aromatic rings. The van der Waals surface area contributed by atoms with E-state index in [1.54, 1.807) is 0 Å². The predicted molar refractivity (Wildman–Crippen MR) is 261 cm³/mol. The molecule has 0 radical (unpaired) electrons. The van der Waals surface area contributed by atoms with Crippen molar-refractivity contribution in [1.29, 1.82) is 0 Å². The van der Waals surface area contributed by atoms with Crippen molar-refractivity contribution in [3.05, 3.63) is 229 Å². The van der Waals surface area contributed by atoms with Crippen molar-refractivity contribution in [3.63, 3.8) is 0 Å². The molecule has 9 aromatic carbocycles. The number of aromatic nitrogens is 1. The van der Waals surface area contributed by atoms with Crippen LogP contribution in [0.4, 0.5) is 17.1 Å². The van der Waals surface area contributed by atoms with Crippen LogP contribution in [-0.4, -0.2) is 4.57 Å². The van der Waals surface area contributed by atoms with E-state index in [0.717, 1.165) is 11.4 Å². The van der Waals surface area contributed by atoms with Gasteiger partial charge in [-0.25, -0.2) is 0 Å². The molecule has 0 aliphatic heterocycles. The average Bonchev–Trinajstić information content (AvgIpc) is 3.87. The molecule has 12 rings (SSSR count). The normalized spacial score (nSPS) is 14.1. The van der Waals surface area contributed by atoms with Crippen LogP contribution in [0.15, 0.2) is 206 Å². The van der Waals surface area contributed by atoms with Crippen LogP contribution in [0.2, 0.25) is 0 Å². The Morgan fingerprint density at radius 2 is 0.903 bits per heavy atom. The van der Waals surface area contributed by atoms with Gasteiger partial charge in [0.15, 0.2) is 0 Å². The molecular formula is C60H46N2. The predicted octanol–water partition coefficient (Wildman–Crippen LogP) is 16.2. The van der Waals surface area contributed by atoms with Crippen LogP contribution < -0.4 is 4.90 Å². The zero-order valence-corrected chi connectivity index (χ0v) is 35.5. The third-order valence-electron chi connectivity index (χ3n) is 14.0. The Kier molecular flexibility index (Phi) is 7.96. The van der Waals surface area contributed by atoms with Crippen LogP contribution in [0.3, 0.4) is 0 Å². The van der Waals surface area contributed by atoms with Crippen LogP contribution in [0.5, 0.6) is 0 Å². The molecule has 2 aliphatic carbocycles. The molecule has 0 amide bonds. The minimum Gasteiger partial charge on any atom is -0.310 e. The molecule has 1 aromatic heterocycles. The monoisotopic (exact) mass is 794 g/mol. The molecule has 0 saturated carbocycles. The molecule has 0 N–H and O–H groups in total. The molecular weight excluding hydrogens is 749 g/mol. The van der Waals surface area contributed by atoms with Gasteiger partial charge in [0.1, 0.15) is 0 Å². The summed E-state index contributed by atoms with van der Waals surface area (Å²) in [5, 5.41) is 2.53. The zero-order valence-electron chi connectivity index (χ0n) is 35.5. The van der Waals surface area contributed by atoms with Gasteiger partial charge in [-0.3, -0.25) is 0 Å². The number of anilines is 3. The molecule has 0 unspecified atom stereocenters. The summed E-state index contributed by atoms with van der Waals surface area (Å²) in [6, 6.07) is 76.4. The lowest BCUT2D eigenvalue weighted by atomic mass is 9.81. The Balaban J connectivity index is 0.989. The van der Waals surface area contributed by atoms with Crippen molar-refractivity contribution in [1.82, 2.24) is 4.57 Å². The second-order valence-electron chi connectivity index (χ2n) is 18.1. The summed E-state index contributed by atoms with van der Waals surface area (Å²) in [5.74, 6) is 0. The second-order valence-corrected chi connectivity index (χ2v) is 18.1. The van der Waals surface area contributed by atoms with Gasteiger partial charge in [0, 0.05) is 38.7 Å². The maximum atomic E-state index is 2.48. The Morgan fingerprint density at radius 1 is 0.371 bits per heavy atom. The van der Waals surface area contributed by atoms with E-state index in [1.807, 2.05) is 0 Å². The van der Waals surface area contributed by atoms with E-state index in [9.17, 15) is 0 Å². The van der Waals surface area contributed by atoms with E-state index in [-0.39, 0.29) is 10.8 Å². The number of rotatable bonds is 6. The van der Waals surface area contributed by atoms with Crippen molar-refractivity contribution in [3.8, 4) is 50.2 Å². The summed E-state index contributed by atoms with van der Waals surface area (Å²) >= 11 is 0. The highest BCUT2D eigenvalue weighted by molar-refractivity contribution is 6.15. The zero-order chi connectivity index (χ0) is 41.7. The fourth-order valence-electron chi connectivity index (χ4n) is 11.0. The largest absolute Gasteiger partial charge is 0.310 e. The summed E-state index contributed by atoms with van der Waals surface area (Å²) in [4.78, 5) is 2.48. The lowest BCUT2D eigenvalue weighted by Gasteiger charge is -2.32. The summed E-state index contributed by atoms with van der Waals surface area (Å²) in [5.41, 5.74) is 22.5. The van der Waals surface area contributed by atoms with Crippen molar-refractivity contribution in [2.75, 3.05) is 4.90 Å². The molecule has 0 atom stereocenters. The molecule has 1 heterocycles. The molecule has 0 saturated heterocycles. The van der Waals surface area contributed by atoms with Crippen molar-refractivity contribution in [2.24, 2.45) is 0 Å². The summed E-state index contributed by atoms with van der Waals surface area (Å²) in [7, 11) is 0. The first-order valence-electron chi connectivity index (χ1n) is 21.9. The van der Waals surface area contributed by atoms with E-state index in [4.69, 9.17) is 0 Å². The van der Waals surface area contributed by atoms with Gasteiger partial charge >= 0.3 is 0 Å². The lowest BCUT2D eigenvalue weighted by Crippen LogP contribution is -2.20. The van der Waals surface area contributed by atoms with Crippen molar-refractivity contribution < 1.29 is 0 Å². The van der Waals surface area contributed by atoms with E-state index < -0.39 is 0 Å². The SMILES string of the molecule is CC1(C)c2ccccc2-c2ccc(-c3ccc(N(c4ccc(-c5cccc6c5c5ccccc5n6-c5ccccc5)cc4)c4cccc5c4C(C)(C)c4ccccc4-5)cc3)cc21. The van der Waals surface area contributed by atoms with E-state index in [1.165, 1.54) is 99.9 Å². The lowest BCUT2D eigenvalue weighted by molar-refractivity contribution is 0.660. The first-order chi connectivity index (χ1) is 30.3. The van der Waals surface area contributed by atoms with Gasteiger partial charge in [-0.15, -0.1) is 0 Å². The Bertz CT molecular complexity index is 3380. The number of para-hydroxylation sites is 2. The van der Waals surface area contributed by atoms with Gasteiger partial charge in [-0.1, -0.05) is 173 Å². The maximum Gasteiger partial charge on any atom is 0.0547 e. The number of nitrogens with zero attached hydrogens (tertiary/aromatic N) is 2. The molecule has 0 spiro atoms. The van der Waals surface area contributed by atoms with Crippen LogP contribution in [0.25, 0.3) is 72.0 Å². The molecule has 2 aliphatic rings. The molecule has 2 nitrogen and oxygen atoms in total. The standard InChI is InChI=1S/C60H46N2/c1-59(2)51-23-11-8-18-46(51)48-37-32-41(38-53(48)59)39-28-33-43(34-29-39)61(56-27-15-22-49-47-19-9-12-24-52(47)60(3,4)58(49)56)44-35-30-40(31-36-44)45-21-14-26-55-57(45)50-20-10-13-25-54(50)62(55)42-16-6-5-7-17-42/h5-38H,1-4H3. The topological polar surface area (TPSA) is 8.17 Å². The van der Waals surface area contributed by atoms with E-state index in [2.05, 4.69) is 243 Å². The van der Waals surface area contributed by atoms with Crippen LogP contribution in [-0.2, 0) is 10.8 Å². The highest BCUT2D eigenvalue weighted by Gasteiger charge is 2.39. The molecule has 0 fully saturated rings. The summed E-state index contributed by atoms with van der Waals surface area (Å²) in [6.45, 7) is 9.47. The minimum absolute atomic E-state index is 0.0482. The third kappa shape index (κ3) is 5.29. The average molecular weight is 795 g/mol. The number of hydrogen-bond acceptors (Lipinski definition) is 1. The van der Waals surface area contributed by atoms with Crippen LogP contribution in [0.1, 0.15) is 49.9 Å². The van der Waals surface area contributed by atoms with Crippen molar-refractivity contribution >= 4 is 38.9 Å². The Labute approximate surface area is 364 Å². The summed E-state index contributed by atoms with van der Waals surface area (Å²) < 4.78 is 2.40. The first-order valence-corrected chi connectivity index (χ1v) is 21.9. The molecule has 0 bridgehead atoms. The highest BCUT2D eigenvalue weighted by Crippen LogP contribution is 2.55. The maximum absolute atomic E-state index is 2.48. The van der Waals surface area contributed by atoms with Gasteiger partial charge in [0.2, 0.25) is 0 Å². The second kappa shape index (κ2) is 13.5. The van der Waals surface area contributed by atoms with Gasteiger partial charge in [-0.2, -0.15) is 0 Å². The highest BCUT2D eigenvalue weighted by atomic mass is 15.1. The van der Waals surface area contributed by atoms with E-state index >= 15 is 0 Å². The van der Waals surface area contributed by atoms with Gasteiger partial charge in [-0.05, 0) is 127 Å². The summed E-state index contributed by atoms with van der Waals surface area (Å²) in [6.07, 6.45) is 0.